The van der Waals surface area contributed by atoms with E-state index in [0.29, 0.717) is 94.5 Å². The average molecular weight is 600 g/mol. The number of carbonyl (C=O) groups is 1. The molecular formula is C27H42ClN5O8. The summed E-state index contributed by atoms with van der Waals surface area (Å²) in [7, 11) is 1.61. The summed E-state index contributed by atoms with van der Waals surface area (Å²) >= 11 is 5.66. The van der Waals surface area contributed by atoms with E-state index in [-0.39, 0.29) is 5.91 Å². The van der Waals surface area contributed by atoms with E-state index in [1.807, 2.05) is 10.9 Å². The van der Waals surface area contributed by atoms with E-state index in [4.69, 9.17) is 39.7 Å². The first-order valence-corrected chi connectivity index (χ1v) is 14.0. The maximum Gasteiger partial charge on any atom is 0.417 e. The van der Waals surface area contributed by atoms with Crippen molar-refractivity contribution in [3.05, 3.63) is 45.7 Å². The Balaban J connectivity index is 0.000000438. The Morgan fingerprint density at radius 2 is 1.61 bits per heavy atom. The normalized spacial score (nSPS) is 11.1. The molecule has 0 aliphatic heterocycles. The second-order valence-corrected chi connectivity index (χ2v) is 9.67. The molecule has 14 heteroatoms. The van der Waals surface area contributed by atoms with Gasteiger partial charge in [-0.2, -0.15) is 0 Å². The number of aromatic amines is 1. The largest absolute Gasteiger partial charge is 0.417 e. The van der Waals surface area contributed by atoms with Crippen LogP contribution in [0.25, 0.3) is 11.1 Å². The minimum atomic E-state index is -0.456. The van der Waals surface area contributed by atoms with Crippen molar-refractivity contribution in [1.82, 2.24) is 25.3 Å². The van der Waals surface area contributed by atoms with E-state index >= 15 is 0 Å². The van der Waals surface area contributed by atoms with Crippen LogP contribution in [0.2, 0.25) is 5.02 Å². The highest BCUT2D eigenvalue weighted by atomic mass is 35.5. The number of ether oxygens (including phenoxy) is 5. The van der Waals surface area contributed by atoms with E-state index in [1.165, 1.54) is 0 Å². The highest BCUT2D eigenvalue weighted by Gasteiger charge is 2.03. The summed E-state index contributed by atoms with van der Waals surface area (Å²) in [5.74, 6) is 0.163. The quantitative estimate of drug-likeness (QED) is 0.185. The van der Waals surface area contributed by atoms with Gasteiger partial charge in [0.05, 0.1) is 77.8 Å². The minimum absolute atomic E-state index is 0.0281. The van der Waals surface area contributed by atoms with Crippen LogP contribution in [0.4, 0.5) is 0 Å². The first-order chi connectivity index (χ1) is 19.9. The van der Waals surface area contributed by atoms with Crippen LogP contribution in [0, 0.1) is 5.92 Å². The Morgan fingerprint density at radius 1 is 1.00 bits per heavy atom. The third-order valence-electron chi connectivity index (χ3n) is 5.39. The number of aryl methyl sites for hydroxylation is 1. The third-order valence-corrected chi connectivity index (χ3v) is 5.63. The molecule has 0 radical (unpaired) electrons. The van der Waals surface area contributed by atoms with E-state index in [9.17, 15) is 9.59 Å². The lowest BCUT2D eigenvalue weighted by Crippen LogP contribution is -2.20. The van der Waals surface area contributed by atoms with Crippen LogP contribution in [0.15, 0.2) is 33.6 Å². The van der Waals surface area contributed by atoms with Gasteiger partial charge in [-0.15, -0.1) is 5.10 Å². The number of H-pyrrole nitrogens is 1. The van der Waals surface area contributed by atoms with Gasteiger partial charge in [-0.25, -0.2) is 4.79 Å². The molecule has 0 fully saturated rings. The van der Waals surface area contributed by atoms with Crippen molar-refractivity contribution in [2.45, 2.75) is 39.8 Å². The van der Waals surface area contributed by atoms with Crippen molar-refractivity contribution in [1.29, 1.82) is 0 Å². The number of rotatable bonds is 20. The highest BCUT2D eigenvalue weighted by Crippen LogP contribution is 2.15. The Kier molecular flexibility index (Phi) is 17.6. The molecule has 0 aliphatic carbocycles. The first kappa shape index (κ1) is 34.4. The van der Waals surface area contributed by atoms with Crippen molar-refractivity contribution in [3.63, 3.8) is 0 Å². The number of carbonyl (C=O) groups excluding carboxylic acids is 1. The fraction of sp³-hybridized carbons (Fsp3) is 0.630. The zero-order chi connectivity index (χ0) is 29.7. The number of hydrogen-bond donors (Lipinski definition) is 2. The van der Waals surface area contributed by atoms with Crippen molar-refractivity contribution >= 4 is 28.6 Å². The smallest absolute Gasteiger partial charge is 0.408 e. The van der Waals surface area contributed by atoms with E-state index < -0.39 is 5.76 Å². The van der Waals surface area contributed by atoms with Gasteiger partial charge in [-0.05, 0) is 30.5 Å². The van der Waals surface area contributed by atoms with Gasteiger partial charge in [0, 0.05) is 25.0 Å². The summed E-state index contributed by atoms with van der Waals surface area (Å²) in [6, 6.07) is 4.96. The maximum absolute atomic E-state index is 11.0. The van der Waals surface area contributed by atoms with Crippen molar-refractivity contribution in [2.24, 2.45) is 5.92 Å². The fourth-order valence-corrected chi connectivity index (χ4v) is 3.35. The number of nitrogens with one attached hydrogen (secondary N) is 2. The summed E-state index contributed by atoms with van der Waals surface area (Å²) in [6.07, 6.45) is 3.38. The van der Waals surface area contributed by atoms with Gasteiger partial charge >= 0.3 is 5.76 Å². The fourth-order valence-electron chi connectivity index (χ4n) is 3.17. The Morgan fingerprint density at radius 3 is 2.22 bits per heavy atom. The first-order valence-electron chi connectivity index (χ1n) is 13.6. The number of nitrogens with zero attached hydrogens (tertiary/aromatic N) is 3. The number of fused-ring (bicyclic) bond motifs is 1. The number of oxazole rings is 1. The lowest BCUT2D eigenvalue weighted by Gasteiger charge is -2.07. The molecule has 2 heterocycles. The molecule has 0 spiro atoms. The molecule has 2 N–H and O–H groups in total. The molecule has 0 atom stereocenters. The molecule has 0 unspecified atom stereocenters. The zero-order valence-corrected chi connectivity index (χ0v) is 24.8. The lowest BCUT2D eigenvalue weighted by molar-refractivity contribution is -0.121. The summed E-state index contributed by atoms with van der Waals surface area (Å²) < 4.78 is 33.7. The number of amides is 1. The molecule has 3 rings (SSSR count). The minimum Gasteiger partial charge on any atom is -0.408 e. The molecule has 0 saturated heterocycles. The Bertz CT molecular complexity index is 1170. The van der Waals surface area contributed by atoms with Crippen LogP contribution >= 0.6 is 11.6 Å². The standard InChI is InChI=1S/C20H38N4O6.C7H4ClNO2/c1-18(2)4-6-24-16-19(22-23-24)17-30-15-14-29-13-12-28-11-10-27-9-8-26-7-5-20(25)21-3;8-4-1-2-6-5(3-4)9-7(10)11-6/h16,18H,4-15,17H2,1-3H3,(H,21,25);1-3H,(H,9,10). The monoisotopic (exact) mass is 599 g/mol. The predicted molar refractivity (Wildman–Crippen MR) is 153 cm³/mol. The number of aromatic nitrogens is 4. The van der Waals surface area contributed by atoms with Crippen molar-refractivity contribution in [3.8, 4) is 0 Å². The highest BCUT2D eigenvalue weighted by molar-refractivity contribution is 6.31. The molecule has 13 nitrogen and oxygen atoms in total. The number of hydrogen-bond acceptors (Lipinski definition) is 10. The van der Waals surface area contributed by atoms with Gasteiger partial charge < -0.3 is 33.4 Å². The summed E-state index contributed by atoms with van der Waals surface area (Å²) in [4.78, 5) is 24.1. The predicted octanol–water partition coefficient (Wildman–Crippen LogP) is 2.82. The van der Waals surface area contributed by atoms with E-state index in [1.54, 1.807) is 25.2 Å². The third kappa shape index (κ3) is 16.3. The van der Waals surface area contributed by atoms with Gasteiger partial charge in [0.15, 0.2) is 5.58 Å². The van der Waals surface area contributed by atoms with Gasteiger partial charge in [0.1, 0.15) is 5.69 Å². The molecule has 1 amide bonds. The van der Waals surface area contributed by atoms with Crippen molar-refractivity contribution in [2.75, 3.05) is 66.5 Å². The lowest BCUT2D eigenvalue weighted by atomic mass is 10.1. The van der Waals surface area contributed by atoms with Crippen LogP contribution in [-0.2, 0) is 41.6 Å². The van der Waals surface area contributed by atoms with Gasteiger partial charge in [-0.1, -0.05) is 30.7 Å². The number of halogens is 1. The molecule has 2 aromatic heterocycles. The maximum atomic E-state index is 11.0. The summed E-state index contributed by atoms with van der Waals surface area (Å²) in [5, 5.41) is 11.3. The van der Waals surface area contributed by atoms with Gasteiger partial charge in [0.2, 0.25) is 5.91 Å². The molecule has 230 valence electrons. The second kappa shape index (κ2) is 21.0. The number of benzene rings is 1. The molecule has 0 aliphatic rings. The van der Waals surface area contributed by atoms with Crippen LogP contribution in [-0.4, -0.2) is 92.4 Å². The average Bonchev–Trinajstić information content (AvgIpc) is 3.56. The SMILES string of the molecule is CNC(=O)CCOCCOCCOCCOCCOCc1cn(CCC(C)C)nn1.O=c1[nH]c2cc(Cl)ccc2o1. The second-order valence-electron chi connectivity index (χ2n) is 9.24. The summed E-state index contributed by atoms with van der Waals surface area (Å²) in [5.41, 5.74) is 1.99. The van der Waals surface area contributed by atoms with E-state index in [0.717, 1.165) is 18.7 Å². The Hall–Kier alpha value is -2.81. The summed E-state index contributed by atoms with van der Waals surface area (Å²) in [6.45, 7) is 10.1. The Labute approximate surface area is 244 Å². The van der Waals surface area contributed by atoms with Crippen LogP contribution in [0.1, 0.15) is 32.4 Å². The van der Waals surface area contributed by atoms with Crippen LogP contribution in [0.5, 0.6) is 0 Å². The van der Waals surface area contributed by atoms with Crippen molar-refractivity contribution < 1.29 is 32.9 Å². The van der Waals surface area contributed by atoms with Crippen LogP contribution in [0.3, 0.4) is 0 Å². The van der Waals surface area contributed by atoms with E-state index in [2.05, 4.69) is 34.5 Å². The molecule has 3 aromatic rings. The molecule has 41 heavy (non-hydrogen) atoms. The molecule has 0 saturated carbocycles. The van der Waals surface area contributed by atoms with Gasteiger partial charge in [-0.3, -0.25) is 14.5 Å². The zero-order valence-electron chi connectivity index (χ0n) is 24.1. The molecular weight excluding hydrogens is 558 g/mol. The van der Waals surface area contributed by atoms with Crippen LogP contribution < -0.4 is 11.1 Å². The topological polar surface area (TPSA) is 152 Å². The molecule has 0 bridgehead atoms. The van der Waals surface area contributed by atoms with Gasteiger partial charge in [0.25, 0.3) is 0 Å². The molecule has 1 aromatic carbocycles.